The molecule has 1 saturated carbocycles. The molecule has 0 bridgehead atoms. The predicted molar refractivity (Wildman–Crippen MR) is 114 cm³/mol. The van der Waals surface area contributed by atoms with Crippen LogP contribution in [-0.2, 0) is 24.2 Å². The van der Waals surface area contributed by atoms with Gasteiger partial charge in [-0.05, 0) is 47.0 Å². The van der Waals surface area contributed by atoms with Crippen molar-refractivity contribution in [1.82, 2.24) is 19.6 Å². The molecule has 1 N–H and O–H groups in total. The van der Waals surface area contributed by atoms with Gasteiger partial charge in [-0.15, -0.1) is 0 Å². The molecule has 1 aliphatic rings. The first kappa shape index (κ1) is 22.7. The summed E-state index contributed by atoms with van der Waals surface area (Å²) in [6, 6.07) is 6.92. The van der Waals surface area contributed by atoms with Crippen molar-refractivity contribution in [3.05, 3.63) is 57.5 Å². The molecule has 12 heteroatoms. The second-order valence-corrected chi connectivity index (χ2v) is 8.57. The third-order valence-electron chi connectivity index (χ3n) is 4.79. The fourth-order valence-corrected chi connectivity index (χ4v) is 4.19. The lowest BCUT2D eigenvalue weighted by atomic mass is 10.2. The Balaban J connectivity index is 1.33. The van der Waals surface area contributed by atoms with Crippen LogP contribution < -0.4 is 10.1 Å². The first-order chi connectivity index (χ1) is 15.2. The quantitative estimate of drug-likeness (QED) is 0.418. The molecule has 1 amide bonds. The second-order valence-electron chi connectivity index (χ2n) is 7.34. The molecule has 1 aliphatic carbocycles. The highest BCUT2D eigenvalue weighted by atomic mass is 79.9. The van der Waals surface area contributed by atoms with Crippen LogP contribution in [0.15, 0.2) is 41.1 Å². The molecule has 0 radical (unpaired) electrons. The summed E-state index contributed by atoms with van der Waals surface area (Å²) in [5.41, 5.74) is -0.0124. The molecule has 0 spiro atoms. The van der Waals surface area contributed by atoms with Crippen molar-refractivity contribution in [2.45, 2.75) is 44.6 Å². The maximum absolute atomic E-state index is 13.2. The molecule has 2 aromatic heterocycles. The summed E-state index contributed by atoms with van der Waals surface area (Å²) in [7, 11) is 0. The van der Waals surface area contributed by atoms with Gasteiger partial charge < -0.3 is 10.1 Å². The average Bonchev–Trinajstić information content (AvgIpc) is 3.35. The molecular formula is C20H18BrClF3N5O2. The van der Waals surface area contributed by atoms with E-state index in [1.54, 1.807) is 30.5 Å². The van der Waals surface area contributed by atoms with E-state index in [9.17, 15) is 18.0 Å². The van der Waals surface area contributed by atoms with Crippen LogP contribution in [0.2, 0.25) is 5.02 Å². The molecule has 0 unspecified atom stereocenters. The maximum Gasteiger partial charge on any atom is 0.436 e. The van der Waals surface area contributed by atoms with Gasteiger partial charge in [0.15, 0.2) is 12.4 Å². The third-order valence-corrected chi connectivity index (χ3v) is 5.81. The summed E-state index contributed by atoms with van der Waals surface area (Å²) in [5, 5.41) is 11.0. The topological polar surface area (TPSA) is 74.0 Å². The minimum Gasteiger partial charge on any atom is -0.471 e. The Bertz CT molecular complexity index is 1130. The maximum atomic E-state index is 13.2. The highest BCUT2D eigenvalue weighted by molar-refractivity contribution is 9.10. The SMILES string of the molecule is O=C(CCn1nc(C(F)(F)F)c(Br)c1C1CC1)Nc1cnn(COc2cccc(Cl)c2)c1. The molecule has 0 saturated heterocycles. The molecule has 3 aromatic rings. The molecule has 170 valence electrons. The van der Waals surface area contributed by atoms with Crippen LogP contribution in [-0.4, -0.2) is 25.5 Å². The lowest BCUT2D eigenvalue weighted by molar-refractivity contribution is -0.142. The number of carbonyl (C=O) groups excluding carboxylic acids is 1. The van der Waals surface area contributed by atoms with Crippen LogP contribution in [0.1, 0.15) is 36.6 Å². The number of alkyl halides is 3. The fraction of sp³-hybridized carbons (Fsp3) is 0.350. The number of carbonyl (C=O) groups is 1. The fourth-order valence-electron chi connectivity index (χ4n) is 3.18. The molecule has 0 atom stereocenters. The smallest absolute Gasteiger partial charge is 0.436 e. The van der Waals surface area contributed by atoms with Gasteiger partial charge in [0.1, 0.15) is 5.75 Å². The van der Waals surface area contributed by atoms with Gasteiger partial charge in [-0.1, -0.05) is 17.7 Å². The van der Waals surface area contributed by atoms with Crippen molar-refractivity contribution >= 4 is 39.1 Å². The first-order valence-electron chi connectivity index (χ1n) is 9.75. The van der Waals surface area contributed by atoms with E-state index in [1.165, 1.54) is 15.6 Å². The summed E-state index contributed by atoms with van der Waals surface area (Å²) >= 11 is 8.95. The lowest BCUT2D eigenvalue weighted by Crippen LogP contribution is -2.16. The Morgan fingerprint density at radius 2 is 2.12 bits per heavy atom. The molecule has 2 heterocycles. The predicted octanol–water partition coefficient (Wildman–Crippen LogP) is 5.46. The van der Waals surface area contributed by atoms with Crippen LogP contribution in [0, 0.1) is 0 Å². The van der Waals surface area contributed by atoms with E-state index in [2.05, 4.69) is 31.4 Å². The van der Waals surface area contributed by atoms with Gasteiger partial charge in [-0.2, -0.15) is 23.4 Å². The average molecular weight is 533 g/mol. The van der Waals surface area contributed by atoms with E-state index in [-0.39, 0.29) is 36.0 Å². The number of ether oxygens (including phenoxy) is 1. The lowest BCUT2D eigenvalue weighted by Gasteiger charge is -2.07. The van der Waals surface area contributed by atoms with Crippen molar-refractivity contribution in [2.24, 2.45) is 0 Å². The number of aromatic nitrogens is 4. The van der Waals surface area contributed by atoms with Crippen molar-refractivity contribution in [1.29, 1.82) is 0 Å². The number of amides is 1. The molecular weight excluding hydrogens is 515 g/mol. The molecule has 1 aromatic carbocycles. The second kappa shape index (κ2) is 9.14. The number of benzene rings is 1. The Hall–Kier alpha value is -2.53. The van der Waals surface area contributed by atoms with Crippen LogP contribution in [0.4, 0.5) is 18.9 Å². The van der Waals surface area contributed by atoms with Gasteiger partial charge in [-0.3, -0.25) is 9.48 Å². The summed E-state index contributed by atoms with van der Waals surface area (Å²) in [6.45, 7) is 0.154. The van der Waals surface area contributed by atoms with Crippen LogP contribution >= 0.6 is 27.5 Å². The van der Waals surface area contributed by atoms with Gasteiger partial charge in [0, 0.05) is 17.4 Å². The third kappa shape index (κ3) is 5.44. The number of nitrogens with one attached hydrogen (secondary N) is 1. The normalized spacial score (nSPS) is 13.9. The number of halogens is 5. The number of nitrogens with zero attached hydrogens (tertiary/aromatic N) is 4. The zero-order valence-corrected chi connectivity index (χ0v) is 18.9. The first-order valence-corrected chi connectivity index (χ1v) is 10.9. The Kier molecular flexibility index (Phi) is 6.47. The van der Waals surface area contributed by atoms with E-state index < -0.39 is 11.9 Å². The van der Waals surface area contributed by atoms with Crippen LogP contribution in [0.3, 0.4) is 0 Å². The van der Waals surface area contributed by atoms with Gasteiger partial charge in [0.05, 0.1) is 34.8 Å². The molecule has 1 fully saturated rings. The Morgan fingerprint density at radius 3 is 2.81 bits per heavy atom. The largest absolute Gasteiger partial charge is 0.471 e. The standard InChI is InChI=1S/C20H18BrClF3N5O2/c21-17-18(12-4-5-12)30(28-19(17)20(23,24)25)7-6-16(31)27-14-9-26-29(10-14)11-32-15-3-1-2-13(22)8-15/h1-3,8-10,12H,4-7,11H2,(H,27,31). The number of hydrogen-bond donors (Lipinski definition) is 1. The summed E-state index contributed by atoms with van der Waals surface area (Å²) in [4.78, 5) is 12.3. The Morgan fingerprint density at radius 1 is 1.34 bits per heavy atom. The van der Waals surface area contributed by atoms with Crippen molar-refractivity contribution in [2.75, 3.05) is 5.32 Å². The zero-order valence-electron chi connectivity index (χ0n) is 16.6. The number of hydrogen-bond acceptors (Lipinski definition) is 4. The van der Waals surface area contributed by atoms with Crippen LogP contribution in [0.25, 0.3) is 0 Å². The summed E-state index contributed by atoms with van der Waals surface area (Å²) in [5.74, 6) is 0.254. The minimum atomic E-state index is -4.56. The van der Waals surface area contributed by atoms with E-state index in [0.717, 1.165) is 12.8 Å². The van der Waals surface area contributed by atoms with E-state index >= 15 is 0 Å². The zero-order chi connectivity index (χ0) is 22.9. The molecule has 32 heavy (non-hydrogen) atoms. The summed E-state index contributed by atoms with van der Waals surface area (Å²) in [6.07, 6.45) is 0.0763. The highest BCUT2D eigenvalue weighted by Gasteiger charge is 2.41. The molecule has 7 nitrogen and oxygen atoms in total. The number of rotatable bonds is 8. The summed E-state index contributed by atoms with van der Waals surface area (Å²) < 4.78 is 47.9. The number of aryl methyl sites for hydroxylation is 1. The van der Waals surface area contributed by atoms with Gasteiger partial charge in [-0.25, -0.2) is 4.68 Å². The van der Waals surface area contributed by atoms with Gasteiger partial charge in [0.25, 0.3) is 0 Å². The van der Waals surface area contributed by atoms with Crippen molar-refractivity contribution in [3.63, 3.8) is 0 Å². The number of anilines is 1. The van der Waals surface area contributed by atoms with E-state index in [4.69, 9.17) is 16.3 Å². The van der Waals surface area contributed by atoms with E-state index in [1.807, 2.05) is 0 Å². The molecule has 4 rings (SSSR count). The Labute approximate surface area is 194 Å². The van der Waals surface area contributed by atoms with E-state index in [0.29, 0.717) is 22.2 Å². The highest BCUT2D eigenvalue weighted by Crippen LogP contribution is 2.47. The minimum absolute atomic E-state index is 0.0324. The van der Waals surface area contributed by atoms with Gasteiger partial charge >= 0.3 is 6.18 Å². The van der Waals surface area contributed by atoms with Gasteiger partial charge in [0.2, 0.25) is 5.91 Å². The van der Waals surface area contributed by atoms with Crippen molar-refractivity contribution < 1.29 is 22.7 Å². The molecule has 0 aliphatic heterocycles. The van der Waals surface area contributed by atoms with Crippen molar-refractivity contribution in [3.8, 4) is 5.75 Å². The monoisotopic (exact) mass is 531 g/mol. The van der Waals surface area contributed by atoms with Crippen LogP contribution in [0.5, 0.6) is 5.75 Å².